The highest BCUT2D eigenvalue weighted by Crippen LogP contribution is 2.32. The summed E-state index contributed by atoms with van der Waals surface area (Å²) in [5.41, 5.74) is -0.619. The molecule has 1 fully saturated rings. The Labute approximate surface area is 138 Å². The van der Waals surface area contributed by atoms with Gasteiger partial charge in [-0.15, -0.1) is 0 Å². The number of halogens is 3. The summed E-state index contributed by atoms with van der Waals surface area (Å²) in [7, 11) is 0. The lowest BCUT2D eigenvalue weighted by Crippen LogP contribution is -2.60. The van der Waals surface area contributed by atoms with Gasteiger partial charge in [-0.25, -0.2) is 4.79 Å². The van der Waals surface area contributed by atoms with Crippen molar-refractivity contribution in [3.05, 3.63) is 29.8 Å². The number of rotatable bonds is 2. The molecule has 8 heteroatoms. The second-order valence-corrected chi connectivity index (χ2v) is 6.01. The van der Waals surface area contributed by atoms with Gasteiger partial charge < -0.3 is 15.1 Å². The lowest BCUT2D eigenvalue weighted by Gasteiger charge is -2.39. The molecule has 1 heterocycles. The van der Waals surface area contributed by atoms with Crippen LogP contribution in [0.3, 0.4) is 0 Å². The van der Waals surface area contributed by atoms with Crippen LogP contribution in [-0.2, 0) is 11.0 Å². The standard InChI is InChI=1S/C16H20F3N3O2/c1-10(2)20-15(24)21-7-8-22(14(23)11(21)3)13-6-4-5-12(9-13)16(17,18)19/h4-6,9-11H,7-8H2,1-3H3,(H,20,24)/t11-/m1/s1. The summed E-state index contributed by atoms with van der Waals surface area (Å²) in [6.07, 6.45) is -4.47. The van der Waals surface area contributed by atoms with Crippen LogP contribution in [-0.4, -0.2) is 42.0 Å². The minimum Gasteiger partial charge on any atom is -0.336 e. The van der Waals surface area contributed by atoms with Crippen molar-refractivity contribution in [2.24, 2.45) is 0 Å². The normalized spacial score (nSPS) is 19.0. The molecule has 2 rings (SSSR count). The molecule has 1 N–H and O–H groups in total. The first kappa shape index (κ1) is 18.1. The highest BCUT2D eigenvalue weighted by molar-refractivity contribution is 6.00. The molecule has 3 amide bonds. The average molecular weight is 343 g/mol. The zero-order chi connectivity index (χ0) is 18.1. The van der Waals surface area contributed by atoms with Gasteiger partial charge in [0.2, 0.25) is 5.91 Å². The van der Waals surface area contributed by atoms with Crippen LogP contribution < -0.4 is 10.2 Å². The van der Waals surface area contributed by atoms with Gasteiger partial charge in [0.15, 0.2) is 0 Å². The fourth-order valence-corrected chi connectivity index (χ4v) is 2.58. The van der Waals surface area contributed by atoms with Gasteiger partial charge in [0, 0.05) is 24.8 Å². The van der Waals surface area contributed by atoms with Crippen LogP contribution >= 0.6 is 0 Å². The molecule has 1 aliphatic heterocycles. The number of urea groups is 1. The quantitative estimate of drug-likeness (QED) is 0.898. The summed E-state index contributed by atoms with van der Waals surface area (Å²) in [4.78, 5) is 27.3. The number of amides is 3. The lowest BCUT2D eigenvalue weighted by molar-refractivity contribution is -0.137. The SMILES string of the molecule is CC(C)NC(=O)N1CCN(c2cccc(C(F)(F)F)c2)C(=O)[C@H]1C. The highest BCUT2D eigenvalue weighted by Gasteiger charge is 2.36. The summed E-state index contributed by atoms with van der Waals surface area (Å²) in [5, 5.41) is 2.71. The third-order valence-corrected chi connectivity index (χ3v) is 3.81. The Hall–Kier alpha value is -2.25. The first-order valence-corrected chi connectivity index (χ1v) is 7.67. The zero-order valence-electron chi connectivity index (χ0n) is 13.7. The number of hydrogen-bond donors (Lipinski definition) is 1. The molecule has 132 valence electrons. The second kappa shape index (κ2) is 6.70. The largest absolute Gasteiger partial charge is 0.416 e. The van der Waals surface area contributed by atoms with Crippen molar-refractivity contribution >= 4 is 17.6 Å². The summed E-state index contributed by atoms with van der Waals surface area (Å²) in [6, 6.07) is 3.48. The number of carbonyl (C=O) groups is 2. The molecule has 1 aromatic rings. The Kier molecular flexibility index (Phi) is 5.05. The van der Waals surface area contributed by atoms with E-state index in [4.69, 9.17) is 0 Å². The first-order chi connectivity index (χ1) is 11.1. The molecule has 0 spiro atoms. The van der Waals surface area contributed by atoms with Crippen LogP contribution in [0.4, 0.5) is 23.7 Å². The molecule has 0 unspecified atom stereocenters. The number of hydrogen-bond acceptors (Lipinski definition) is 2. The van der Waals surface area contributed by atoms with E-state index >= 15 is 0 Å². The molecule has 1 aromatic carbocycles. The molecule has 1 atom stereocenters. The third kappa shape index (κ3) is 3.80. The molecule has 0 bridgehead atoms. The first-order valence-electron chi connectivity index (χ1n) is 7.67. The van der Waals surface area contributed by atoms with Gasteiger partial charge in [0.05, 0.1) is 5.56 Å². The van der Waals surface area contributed by atoms with Gasteiger partial charge in [-0.3, -0.25) is 4.79 Å². The lowest BCUT2D eigenvalue weighted by atomic mass is 10.1. The van der Waals surface area contributed by atoms with Gasteiger partial charge in [0.25, 0.3) is 0 Å². The van der Waals surface area contributed by atoms with Gasteiger partial charge in [-0.1, -0.05) is 6.07 Å². The van der Waals surface area contributed by atoms with Crippen LogP contribution in [0.2, 0.25) is 0 Å². The smallest absolute Gasteiger partial charge is 0.336 e. The topological polar surface area (TPSA) is 52.7 Å². The van der Waals surface area contributed by atoms with Gasteiger partial charge in [-0.2, -0.15) is 13.2 Å². The van der Waals surface area contributed by atoms with E-state index < -0.39 is 23.7 Å². The molecule has 1 aliphatic rings. The van der Waals surface area contributed by atoms with E-state index in [0.29, 0.717) is 0 Å². The average Bonchev–Trinajstić information content (AvgIpc) is 2.48. The molecule has 5 nitrogen and oxygen atoms in total. The highest BCUT2D eigenvalue weighted by atomic mass is 19.4. The molecular formula is C16H20F3N3O2. The summed E-state index contributed by atoms with van der Waals surface area (Å²) >= 11 is 0. The van der Waals surface area contributed by atoms with E-state index in [1.165, 1.54) is 21.9 Å². The van der Waals surface area contributed by atoms with Crippen LogP contribution in [0.15, 0.2) is 24.3 Å². The van der Waals surface area contributed by atoms with Crippen LogP contribution in [0.1, 0.15) is 26.3 Å². The van der Waals surface area contributed by atoms with E-state index in [-0.39, 0.29) is 30.8 Å². The Bertz CT molecular complexity index is 631. The number of benzene rings is 1. The predicted octanol–water partition coefficient (Wildman–Crippen LogP) is 2.86. The van der Waals surface area contributed by atoms with E-state index in [1.54, 1.807) is 6.92 Å². The number of alkyl halides is 3. The second-order valence-electron chi connectivity index (χ2n) is 6.01. The van der Waals surface area contributed by atoms with Crippen LogP contribution in [0, 0.1) is 0 Å². The van der Waals surface area contributed by atoms with Crippen LogP contribution in [0.25, 0.3) is 0 Å². The number of nitrogens with zero attached hydrogens (tertiary/aromatic N) is 2. The number of carbonyl (C=O) groups excluding carboxylic acids is 2. The maximum atomic E-state index is 12.8. The molecule has 1 saturated heterocycles. The Morgan fingerprint density at radius 2 is 1.96 bits per heavy atom. The van der Waals surface area contributed by atoms with E-state index in [9.17, 15) is 22.8 Å². The Morgan fingerprint density at radius 3 is 2.54 bits per heavy atom. The number of nitrogens with one attached hydrogen (secondary N) is 1. The fraction of sp³-hybridized carbons (Fsp3) is 0.500. The summed E-state index contributed by atoms with van der Waals surface area (Å²) in [5.74, 6) is -0.403. The van der Waals surface area contributed by atoms with Gasteiger partial charge in [-0.05, 0) is 39.0 Å². The molecule has 0 saturated carbocycles. The van der Waals surface area contributed by atoms with E-state index in [1.807, 2.05) is 13.8 Å². The molecule has 0 aliphatic carbocycles. The maximum absolute atomic E-state index is 12.8. The molecule has 0 aromatic heterocycles. The number of anilines is 1. The Balaban J connectivity index is 2.19. The van der Waals surface area contributed by atoms with E-state index in [2.05, 4.69) is 5.32 Å². The van der Waals surface area contributed by atoms with Crippen LogP contribution in [0.5, 0.6) is 0 Å². The predicted molar refractivity (Wildman–Crippen MR) is 83.6 cm³/mol. The molecular weight excluding hydrogens is 323 g/mol. The van der Waals surface area contributed by atoms with Crippen molar-refractivity contribution in [3.63, 3.8) is 0 Å². The van der Waals surface area contributed by atoms with Crippen molar-refractivity contribution in [2.75, 3.05) is 18.0 Å². The Morgan fingerprint density at radius 1 is 1.29 bits per heavy atom. The minimum absolute atomic E-state index is 0.0682. The van der Waals surface area contributed by atoms with E-state index in [0.717, 1.165) is 12.1 Å². The maximum Gasteiger partial charge on any atom is 0.416 e. The van der Waals surface area contributed by atoms with Crippen molar-refractivity contribution in [1.29, 1.82) is 0 Å². The van der Waals surface area contributed by atoms with Gasteiger partial charge in [0.1, 0.15) is 6.04 Å². The fourth-order valence-electron chi connectivity index (χ4n) is 2.58. The molecule has 24 heavy (non-hydrogen) atoms. The van der Waals surface area contributed by atoms with Crippen molar-refractivity contribution in [1.82, 2.24) is 10.2 Å². The zero-order valence-corrected chi connectivity index (χ0v) is 13.7. The number of piperazine rings is 1. The minimum atomic E-state index is -4.47. The summed E-state index contributed by atoms with van der Waals surface area (Å²) in [6.45, 7) is 5.59. The van der Waals surface area contributed by atoms with Crippen molar-refractivity contribution in [3.8, 4) is 0 Å². The van der Waals surface area contributed by atoms with Crippen molar-refractivity contribution in [2.45, 2.75) is 39.0 Å². The van der Waals surface area contributed by atoms with Gasteiger partial charge >= 0.3 is 12.2 Å². The third-order valence-electron chi connectivity index (χ3n) is 3.81. The monoisotopic (exact) mass is 343 g/mol. The summed E-state index contributed by atoms with van der Waals surface area (Å²) < 4.78 is 38.5. The molecule has 0 radical (unpaired) electrons. The van der Waals surface area contributed by atoms with Crippen molar-refractivity contribution < 1.29 is 22.8 Å².